The van der Waals surface area contributed by atoms with Crippen LogP contribution in [0.5, 0.6) is 0 Å². The van der Waals surface area contributed by atoms with Crippen LogP contribution in [-0.4, -0.2) is 24.0 Å². The van der Waals surface area contributed by atoms with Gasteiger partial charge in [-0.3, -0.25) is 4.90 Å². The normalized spacial score (nSPS) is 29.2. The molecule has 0 radical (unpaired) electrons. The molecule has 2 heterocycles. The Morgan fingerprint density at radius 3 is 3.06 bits per heavy atom. The van der Waals surface area contributed by atoms with Gasteiger partial charge in [0.05, 0.1) is 6.04 Å². The third-order valence-corrected chi connectivity index (χ3v) is 4.85. The van der Waals surface area contributed by atoms with E-state index in [4.69, 9.17) is 5.73 Å². The molecule has 0 amide bonds. The van der Waals surface area contributed by atoms with Crippen LogP contribution >= 0.6 is 11.3 Å². The van der Waals surface area contributed by atoms with Crippen LogP contribution in [0.1, 0.15) is 37.6 Å². The number of nitrogens with two attached hydrogens (primary N) is 1. The summed E-state index contributed by atoms with van der Waals surface area (Å²) in [7, 11) is 0. The lowest BCUT2D eigenvalue weighted by atomic mass is 9.92. The number of piperidine rings is 1. The largest absolute Gasteiger partial charge is 0.322 e. The SMILES string of the molecule is CC1CCCN(CC(N)c2cccs2)C1C. The van der Waals surface area contributed by atoms with Gasteiger partial charge in [-0.1, -0.05) is 13.0 Å². The molecule has 90 valence electrons. The maximum atomic E-state index is 6.25. The van der Waals surface area contributed by atoms with Gasteiger partial charge < -0.3 is 5.73 Å². The molecule has 1 aromatic heterocycles. The molecule has 0 spiro atoms. The summed E-state index contributed by atoms with van der Waals surface area (Å²) in [5, 5.41) is 2.11. The van der Waals surface area contributed by atoms with Crippen LogP contribution in [0.4, 0.5) is 0 Å². The molecule has 1 aliphatic rings. The van der Waals surface area contributed by atoms with Crippen LogP contribution < -0.4 is 5.73 Å². The molecule has 16 heavy (non-hydrogen) atoms. The van der Waals surface area contributed by atoms with Crippen molar-refractivity contribution < 1.29 is 0 Å². The third kappa shape index (κ3) is 2.65. The molecule has 0 aliphatic carbocycles. The Bertz CT molecular complexity index is 310. The summed E-state index contributed by atoms with van der Waals surface area (Å²) in [4.78, 5) is 3.86. The molecule has 2 rings (SSSR count). The Kier molecular flexibility index (Phi) is 4.00. The second-order valence-corrected chi connectivity index (χ2v) is 5.96. The van der Waals surface area contributed by atoms with Crippen molar-refractivity contribution in [1.29, 1.82) is 0 Å². The van der Waals surface area contributed by atoms with Crippen LogP contribution in [0, 0.1) is 5.92 Å². The fourth-order valence-electron chi connectivity index (χ4n) is 2.52. The minimum Gasteiger partial charge on any atom is -0.322 e. The monoisotopic (exact) mass is 238 g/mol. The Balaban J connectivity index is 1.93. The van der Waals surface area contributed by atoms with E-state index in [1.165, 1.54) is 24.3 Å². The Hall–Kier alpha value is -0.380. The van der Waals surface area contributed by atoms with Crippen molar-refractivity contribution in [2.24, 2.45) is 11.7 Å². The second kappa shape index (κ2) is 5.30. The molecule has 1 aliphatic heterocycles. The van der Waals surface area contributed by atoms with E-state index < -0.39 is 0 Å². The summed E-state index contributed by atoms with van der Waals surface area (Å²) >= 11 is 1.77. The van der Waals surface area contributed by atoms with Crippen molar-refractivity contribution in [3.8, 4) is 0 Å². The van der Waals surface area contributed by atoms with Gasteiger partial charge in [0.2, 0.25) is 0 Å². The van der Waals surface area contributed by atoms with E-state index in [-0.39, 0.29) is 6.04 Å². The van der Waals surface area contributed by atoms with Gasteiger partial charge >= 0.3 is 0 Å². The maximum Gasteiger partial charge on any atom is 0.0519 e. The predicted molar refractivity (Wildman–Crippen MR) is 70.7 cm³/mol. The average Bonchev–Trinajstić information content (AvgIpc) is 2.78. The van der Waals surface area contributed by atoms with Crippen LogP contribution in [0.15, 0.2) is 17.5 Å². The highest BCUT2D eigenvalue weighted by atomic mass is 32.1. The molecule has 1 aromatic rings. The minimum atomic E-state index is 0.188. The lowest BCUT2D eigenvalue weighted by Gasteiger charge is -2.39. The summed E-state index contributed by atoms with van der Waals surface area (Å²) in [6.45, 7) is 6.91. The summed E-state index contributed by atoms with van der Waals surface area (Å²) in [6.07, 6.45) is 2.69. The lowest BCUT2D eigenvalue weighted by molar-refractivity contribution is 0.107. The van der Waals surface area contributed by atoms with E-state index in [1.807, 2.05) is 0 Å². The smallest absolute Gasteiger partial charge is 0.0519 e. The van der Waals surface area contributed by atoms with Gasteiger partial charge in [0, 0.05) is 17.5 Å². The molecule has 0 saturated carbocycles. The van der Waals surface area contributed by atoms with E-state index in [0.717, 1.165) is 12.5 Å². The van der Waals surface area contributed by atoms with Crippen molar-refractivity contribution in [3.63, 3.8) is 0 Å². The molecule has 3 atom stereocenters. The first-order valence-corrected chi connectivity index (χ1v) is 7.09. The van der Waals surface area contributed by atoms with Gasteiger partial charge in [-0.15, -0.1) is 11.3 Å². The van der Waals surface area contributed by atoms with Crippen LogP contribution in [0.25, 0.3) is 0 Å². The molecule has 1 saturated heterocycles. The van der Waals surface area contributed by atoms with Crippen molar-refractivity contribution in [1.82, 2.24) is 4.90 Å². The average molecular weight is 238 g/mol. The zero-order valence-electron chi connectivity index (χ0n) is 10.2. The van der Waals surface area contributed by atoms with Crippen LogP contribution in [0.3, 0.4) is 0 Å². The molecular formula is C13H22N2S. The highest BCUT2D eigenvalue weighted by Crippen LogP contribution is 2.25. The molecule has 3 unspecified atom stereocenters. The van der Waals surface area contributed by atoms with Crippen molar-refractivity contribution in [3.05, 3.63) is 22.4 Å². The Labute approximate surface area is 102 Å². The zero-order chi connectivity index (χ0) is 11.5. The fourth-order valence-corrected chi connectivity index (χ4v) is 3.24. The zero-order valence-corrected chi connectivity index (χ0v) is 11.0. The first kappa shape index (κ1) is 12.1. The molecule has 2 N–H and O–H groups in total. The predicted octanol–water partition coefficient (Wildman–Crippen LogP) is 2.87. The summed E-state index contributed by atoms with van der Waals surface area (Å²) in [5.41, 5.74) is 6.25. The first-order valence-electron chi connectivity index (χ1n) is 6.21. The standard InChI is InChI=1S/C13H22N2S/c1-10-5-3-7-15(11(10)2)9-12(14)13-6-4-8-16-13/h4,6,8,10-12H,3,5,7,9,14H2,1-2H3. The van der Waals surface area contributed by atoms with Crippen LogP contribution in [0.2, 0.25) is 0 Å². The van der Waals surface area contributed by atoms with E-state index in [2.05, 4.69) is 36.3 Å². The van der Waals surface area contributed by atoms with Gasteiger partial charge in [-0.05, 0) is 43.7 Å². The third-order valence-electron chi connectivity index (χ3n) is 3.84. The highest BCUT2D eigenvalue weighted by Gasteiger charge is 2.26. The second-order valence-electron chi connectivity index (χ2n) is 4.98. The number of hydrogen-bond donors (Lipinski definition) is 1. The van der Waals surface area contributed by atoms with Gasteiger partial charge in [-0.25, -0.2) is 0 Å². The maximum absolute atomic E-state index is 6.25. The first-order chi connectivity index (χ1) is 7.68. The number of nitrogens with zero attached hydrogens (tertiary/aromatic N) is 1. The van der Waals surface area contributed by atoms with E-state index >= 15 is 0 Å². The molecule has 3 heteroatoms. The number of likely N-dealkylation sites (tertiary alicyclic amines) is 1. The van der Waals surface area contributed by atoms with E-state index in [0.29, 0.717) is 6.04 Å². The molecular weight excluding hydrogens is 216 g/mol. The van der Waals surface area contributed by atoms with Crippen molar-refractivity contribution in [2.75, 3.05) is 13.1 Å². The quantitative estimate of drug-likeness (QED) is 0.877. The summed E-state index contributed by atoms with van der Waals surface area (Å²) in [5.74, 6) is 0.810. The number of thiophene rings is 1. The fraction of sp³-hybridized carbons (Fsp3) is 0.692. The lowest BCUT2D eigenvalue weighted by Crippen LogP contribution is -2.45. The van der Waals surface area contributed by atoms with Gasteiger partial charge in [0.1, 0.15) is 0 Å². The van der Waals surface area contributed by atoms with Crippen LogP contribution in [-0.2, 0) is 0 Å². The number of hydrogen-bond acceptors (Lipinski definition) is 3. The summed E-state index contributed by atoms with van der Waals surface area (Å²) in [6, 6.07) is 5.10. The molecule has 0 aromatic carbocycles. The topological polar surface area (TPSA) is 29.3 Å². The molecule has 2 nitrogen and oxygen atoms in total. The van der Waals surface area contributed by atoms with E-state index in [1.54, 1.807) is 11.3 Å². The Morgan fingerprint density at radius 1 is 1.56 bits per heavy atom. The van der Waals surface area contributed by atoms with E-state index in [9.17, 15) is 0 Å². The van der Waals surface area contributed by atoms with Gasteiger partial charge in [-0.2, -0.15) is 0 Å². The molecule has 1 fully saturated rings. The van der Waals surface area contributed by atoms with Crippen molar-refractivity contribution in [2.45, 2.75) is 38.8 Å². The number of rotatable bonds is 3. The highest BCUT2D eigenvalue weighted by molar-refractivity contribution is 7.10. The van der Waals surface area contributed by atoms with Gasteiger partial charge in [0.15, 0.2) is 0 Å². The summed E-state index contributed by atoms with van der Waals surface area (Å²) < 4.78 is 0. The Morgan fingerprint density at radius 2 is 2.38 bits per heavy atom. The molecule has 0 bridgehead atoms. The minimum absolute atomic E-state index is 0.188. The van der Waals surface area contributed by atoms with Crippen molar-refractivity contribution >= 4 is 11.3 Å². The van der Waals surface area contributed by atoms with Gasteiger partial charge in [0.25, 0.3) is 0 Å².